The largest absolute Gasteiger partial charge is 0.389 e. The highest BCUT2D eigenvalue weighted by Crippen LogP contribution is 2.25. The van der Waals surface area contributed by atoms with Gasteiger partial charge in [0.1, 0.15) is 0 Å². The second-order valence-electron chi connectivity index (χ2n) is 4.43. The van der Waals surface area contributed by atoms with E-state index < -0.39 is 12.6 Å². The average molecular weight is 291 g/mol. The number of hydrogen-bond donors (Lipinski definition) is 1. The number of rotatable bonds is 8. The monoisotopic (exact) mass is 291 g/mol. The molecule has 0 aromatic heterocycles. The topological polar surface area (TPSA) is 12.0 Å². The lowest BCUT2D eigenvalue weighted by molar-refractivity contribution is -0.136. The minimum Gasteiger partial charge on any atom is -0.313 e. The molecule has 1 unspecified atom stereocenters. The summed E-state index contributed by atoms with van der Waals surface area (Å²) >= 11 is 1.60. The van der Waals surface area contributed by atoms with E-state index >= 15 is 0 Å². The lowest BCUT2D eigenvalue weighted by Gasteiger charge is -2.19. The van der Waals surface area contributed by atoms with Crippen LogP contribution in [0.5, 0.6) is 0 Å². The van der Waals surface area contributed by atoms with E-state index in [9.17, 15) is 13.2 Å². The third-order valence-corrected chi connectivity index (χ3v) is 3.83. The summed E-state index contributed by atoms with van der Waals surface area (Å²) in [6.07, 6.45) is -3.71. The molecule has 0 heterocycles. The summed E-state index contributed by atoms with van der Waals surface area (Å²) in [5, 5.41) is 3.19. The van der Waals surface area contributed by atoms with E-state index in [1.54, 1.807) is 11.8 Å². The van der Waals surface area contributed by atoms with Crippen molar-refractivity contribution in [1.29, 1.82) is 0 Å². The van der Waals surface area contributed by atoms with Crippen molar-refractivity contribution in [3.63, 3.8) is 0 Å². The molecular formula is C14H20F3NS. The summed E-state index contributed by atoms with van der Waals surface area (Å²) in [4.78, 5) is 1.10. The first-order chi connectivity index (χ1) is 9.01. The maximum Gasteiger partial charge on any atom is 0.389 e. The fourth-order valence-electron chi connectivity index (χ4n) is 1.64. The normalized spacial score (nSPS) is 13.5. The molecule has 0 aliphatic heterocycles. The molecule has 19 heavy (non-hydrogen) atoms. The number of halogens is 3. The molecule has 0 saturated heterocycles. The molecule has 1 nitrogen and oxygen atoms in total. The quantitative estimate of drug-likeness (QED) is 0.708. The number of benzene rings is 1. The van der Waals surface area contributed by atoms with E-state index in [4.69, 9.17) is 0 Å². The Labute approximate surface area is 117 Å². The van der Waals surface area contributed by atoms with Crippen molar-refractivity contribution >= 4 is 11.8 Å². The predicted octanol–water partition coefficient (Wildman–Crippen LogP) is 4.49. The van der Waals surface area contributed by atoms with E-state index in [1.807, 2.05) is 37.3 Å². The summed E-state index contributed by atoms with van der Waals surface area (Å²) < 4.78 is 36.8. The molecule has 0 spiro atoms. The standard InChI is InChI=1S/C14H20F3NS/c1-2-10-18-12(8-9-14(15,16)17)11-19-13-6-4-3-5-7-13/h3-7,12,18H,2,8-11H2,1H3. The van der Waals surface area contributed by atoms with Crippen molar-refractivity contribution in [3.8, 4) is 0 Å². The van der Waals surface area contributed by atoms with Gasteiger partial charge in [-0.15, -0.1) is 11.8 Å². The Morgan fingerprint density at radius 1 is 1.21 bits per heavy atom. The third kappa shape index (κ3) is 8.16. The van der Waals surface area contributed by atoms with E-state index in [1.165, 1.54) is 0 Å². The van der Waals surface area contributed by atoms with E-state index in [0.29, 0.717) is 5.75 Å². The Morgan fingerprint density at radius 2 is 1.89 bits per heavy atom. The van der Waals surface area contributed by atoms with Crippen LogP contribution in [0.25, 0.3) is 0 Å². The second-order valence-corrected chi connectivity index (χ2v) is 5.52. The molecule has 108 valence electrons. The van der Waals surface area contributed by atoms with Crippen LogP contribution in [0.15, 0.2) is 35.2 Å². The summed E-state index contributed by atoms with van der Waals surface area (Å²) in [5.74, 6) is 0.667. The minimum absolute atomic E-state index is 0.0909. The number of alkyl halides is 3. The van der Waals surface area contributed by atoms with Gasteiger partial charge in [0.15, 0.2) is 0 Å². The first-order valence-electron chi connectivity index (χ1n) is 6.49. The van der Waals surface area contributed by atoms with Gasteiger partial charge in [0.05, 0.1) is 0 Å². The summed E-state index contributed by atoms with van der Waals surface area (Å²) in [6.45, 7) is 2.77. The molecule has 0 aliphatic carbocycles. The third-order valence-electron chi connectivity index (χ3n) is 2.65. The fraction of sp³-hybridized carbons (Fsp3) is 0.571. The van der Waals surface area contributed by atoms with Gasteiger partial charge in [-0.1, -0.05) is 25.1 Å². The fourth-order valence-corrected chi connectivity index (χ4v) is 2.67. The molecule has 1 aromatic carbocycles. The van der Waals surface area contributed by atoms with Crippen LogP contribution in [-0.4, -0.2) is 24.5 Å². The Balaban J connectivity index is 2.40. The summed E-state index contributed by atoms with van der Waals surface area (Å²) in [7, 11) is 0. The van der Waals surface area contributed by atoms with Crippen LogP contribution in [0.2, 0.25) is 0 Å². The zero-order valence-corrected chi connectivity index (χ0v) is 11.9. The zero-order chi connectivity index (χ0) is 14.1. The number of thioether (sulfide) groups is 1. The minimum atomic E-state index is -4.07. The smallest absolute Gasteiger partial charge is 0.313 e. The van der Waals surface area contributed by atoms with Crippen molar-refractivity contribution in [2.24, 2.45) is 0 Å². The van der Waals surface area contributed by atoms with Gasteiger partial charge >= 0.3 is 6.18 Å². The van der Waals surface area contributed by atoms with E-state index in [-0.39, 0.29) is 12.5 Å². The molecular weight excluding hydrogens is 271 g/mol. The maximum atomic E-state index is 12.3. The van der Waals surface area contributed by atoms with Gasteiger partial charge in [0.25, 0.3) is 0 Å². The van der Waals surface area contributed by atoms with Gasteiger partial charge in [-0.2, -0.15) is 13.2 Å². The Morgan fingerprint density at radius 3 is 2.47 bits per heavy atom. The lowest BCUT2D eigenvalue weighted by Crippen LogP contribution is -2.33. The molecule has 0 amide bonds. The molecule has 0 saturated carbocycles. The predicted molar refractivity (Wildman–Crippen MR) is 74.5 cm³/mol. The van der Waals surface area contributed by atoms with Crippen molar-refractivity contribution < 1.29 is 13.2 Å². The highest BCUT2D eigenvalue weighted by Gasteiger charge is 2.28. The van der Waals surface area contributed by atoms with Gasteiger partial charge in [-0.05, 0) is 31.5 Å². The molecule has 0 radical (unpaired) electrons. The number of nitrogens with one attached hydrogen (secondary N) is 1. The average Bonchev–Trinajstić information content (AvgIpc) is 2.38. The Bertz CT molecular complexity index is 340. The molecule has 1 rings (SSSR count). The van der Waals surface area contributed by atoms with Crippen LogP contribution < -0.4 is 5.32 Å². The van der Waals surface area contributed by atoms with Crippen molar-refractivity contribution in [3.05, 3.63) is 30.3 Å². The second kappa shape index (κ2) is 8.48. The highest BCUT2D eigenvalue weighted by molar-refractivity contribution is 7.99. The molecule has 1 aromatic rings. The molecule has 5 heteroatoms. The molecule has 0 bridgehead atoms. The van der Waals surface area contributed by atoms with Gasteiger partial charge in [-0.25, -0.2) is 0 Å². The van der Waals surface area contributed by atoms with E-state index in [2.05, 4.69) is 5.32 Å². The molecule has 1 N–H and O–H groups in total. The Kier molecular flexibility index (Phi) is 7.31. The van der Waals surface area contributed by atoms with Gasteiger partial charge in [0, 0.05) is 23.1 Å². The van der Waals surface area contributed by atoms with Crippen LogP contribution >= 0.6 is 11.8 Å². The van der Waals surface area contributed by atoms with Crippen molar-refractivity contribution in [1.82, 2.24) is 5.32 Å². The summed E-state index contributed by atoms with van der Waals surface area (Å²) in [6, 6.07) is 9.67. The molecule has 1 atom stereocenters. The van der Waals surface area contributed by atoms with Crippen LogP contribution in [0.4, 0.5) is 13.2 Å². The zero-order valence-electron chi connectivity index (χ0n) is 11.0. The van der Waals surface area contributed by atoms with Crippen LogP contribution in [0, 0.1) is 0 Å². The Hall–Kier alpha value is -0.680. The van der Waals surface area contributed by atoms with Crippen LogP contribution in [0.3, 0.4) is 0 Å². The van der Waals surface area contributed by atoms with Crippen LogP contribution in [-0.2, 0) is 0 Å². The first kappa shape index (κ1) is 16.4. The van der Waals surface area contributed by atoms with Gasteiger partial charge in [0.2, 0.25) is 0 Å². The van der Waals surface area contributed by atoms with Crippen molar-refractivity contribution in [2.75, 3.05) is 12.3 Å². The SMILES string of the molecule is CCCNC(CCC(F)(F)F)CSc1ccccc1. The summed E-state index contributed by atoms with van der Waals surface area (Å²) in [5.41, 5.74) is 0. The number of hydrogen-bond acceptors (Lipinski definition) is 2. The van der Waals surface area contributed by atoms with E-state index in [0.717, 1.165) is 17.9 Å². The van der Waals surface area contributed by atoms with Gasteiger partial charge < -0.3 is 5.32 Å². The molecule has 0 aliphatic rings. The first-order valence-corrected chi connectivity index (χ1v) is 7.48. The maximum absolute atomic E-state index is 12.3. The van der Waals surface area contributed by atoms with Crippen LogP contribution in [0.1, 0.15) is 26.2 Å². The van der Waals surface area contributed by atoms with Crippen molar-refractivity contribution in [2.45, 2.75) is 43.3 Å². The van der Waals surface area contributed by atoms with Gasteiger partial charge in [-0.3, -0.25) is 0 Å². The molecule has 0 fully saturated rings. The lowest BCUT2D eigenvalue weighted by atomic mass is 10.2. The highest BCUT2D eigenvalue weighted by atomic mass is 32.2.